The second-order valence-corrected chi connectivity index (χ2v) is 9.85. The molecule has 2 N–H and O–H groups in total. The maximum Gasteiger partial charge on any atom is 0.261 e. The zero-order valence-corrected chi connectivity index (χ0v) is 22.1. The Balaban J connectivity index is 1.24. The van der Waals surface area contributed by atoms with E-state index in [1.807, 2.05) is 35.7 Å². The van der Waals surface area contributed by atoms with Crippen LogP contribution >= 0.6 is 11.3 Å². The Morgan fingerprint density at radius 3 is 2.52 bits per heavy atom. The van der Waals surface area contributed by atoms with E-state index in [0.29, 0.717) is 52.7 Å². The number of rotatable bonds is 8. The first kappa shape index (κ1) is 25.3. The van der Waals surface area contributed by atoms with Crippen LogP contribution in [0.5, 0.6) is 17.2 Å². The molecule has 40 heavy (non-hydrogen) atoms. The van der Waals surface area contributed by atoms with Gasteiger partial charge in [0.15, 0.2) is 11.2 Å². The standard InChI is InChI=1S/C29H23N5O5S/c1-17-33-34-28(37-17)19-7-9-21(10-8-19)38-22-13-20(14-23(15-22)39-25-11-12-30-27(25)36)26(35)32-29-31-24(16-40-29)18-5-3-2-4-6-18/h2-10,13-16,25H,11-12H2,1H3,(H,30,36)(H,31,32,35). The molecule has 3 aromatic carbocycles. The van der Waals surface area contributed by atoms with Crippen LogP contribution < -0.4 is 20.1 Å². The normalized spacial score (nSPS) is 14.5. The third-order valence-electron chi connectivity index (χ3n) is 6.08. The second kappa shape index (κ2) is 11.0. The third kappa shape index (κ3) is 5.69. The van der Waals surface area contributed by atoms with Crippen molar-refractivity contribution in [3.05, 3.63) is 89.6 Å². The van der Waals surface area contributed by atoms with Crippen LogP contribution in [0.1, 0.15) is 22.7 Å². The van der Waals surface area contributed by atoms with Crippen molar-refractivity contribution in [3.63, 3.8) is 0 Å². The molecule has 0 radical (unpaired) electrons. The fraction of sp³-hybridized carbons (Fsp3) is 0.138. The lowest BCUT2D eigenvalue weighted by molar-refractivity contribution is -0.124. The van der Waals surface area contributed by atoms with Gasteiger partial charge in [0, 0.05) is 48.0 Å². The van der Waals surface area contributed by atoms with Crippen molar-refractivity contribution < 1.29 is 23.5 Å². The molecule has 11 heteroatoms. The first-order valence-corrected chi connectivity index (χ1v) is 13.4. The molecule has 6 rings (SSSR count). The molecule has 2 aromatic heterocycles. The van der Waals surface area contributed by atoms with Crippen LogP contribution in [0.2, 0.25) is 0 Å². The maximum atomic E-state index is 13.3. The lowest BCUT2D eigenvalue weighted by Gasteiger charge is -2.14. The van der Waals surface area contributed by atoms with Crippen LogP contribution in [0, 0.1) is 6.92 Å². The van der Waals surface area contributed by atoms with Gasteiger partial charge < -0.3 is 19.2 Å². The number of anilines is 1. The molecule has 10 nitrogen and oxygen atoms in total. The quantitative estimate of drug-likeness (QED) is 0.259. The molecule has 2 amide bonds. The number of hydrogen-bond donors (Lipinski definition) is 2. The number of nitrogens with one attached hydrogen (secondary N) is 2. The number of aryl methyl sites for hydroxylation is 1. The van der Waals surface area contributed by atoms with E-state index in [1.54, 1.807) is 49.4 Å². The zero-order chi connectivity index (χ0) is 27.5. The van der Waals surface area contributed by atoms with E-state index in [2.05, 4.69) is 25.8 Å². The average Bonchev–Trinajstić information content (AvgIpc) is 3.72. The lowest BCUT2D eigenvalue weighted by atomic mass is 10.1. The SMILES string of the molecule is Cc1nnc(-c2ccc(Oc3cc(OC4CCNC4=O)cc(C(=O)Nc4nc(-c5ccccc5)cs4)c3)cc2)o1. The summed E-state index contributed by atoms with van der Waals surface area (Å²) < 4.78 is 17.5. The van der Waals surface area contributed by atoms with Crippen molar-refractivity contribution in [3.8, 4) is 40.0 Å². The molecule has 200 valence electrons. The fourth-order valence-electron chi connectivity index (χ4n) is 4.13. The molecule has 3 heterocycles. The molecule has 1 aliphatic heterocycles. The molecule has 1 unspecified atom stereocenters. The third-order valence-corrected chi connectivity index (χ3v) is 6.83. The Hall–Kier alpha value is -5.03. The smallest absolute Gasteiger partial charge is 0.261 e. The predicted octanol–water partition coefficient (Wildman–Crippen LogP) is 5.48. The molecule has 1 atom stereocenters. The summed E-state index contributed by atoms with van der Waals surface area (Å²) >= 11 is 1.33. The molecule has 5 aromatic rings. The highest BCUT2D eigenvalue weighted by atomic mass is 32.1. The lowest BCUT2D eigenvalue weighted by Crippen LogP contribution is -2.27. The Morgan fingerprint density at radius 2 is 1.80 bits per heavy atom. The van der Waals surface area contributed by atoms with E-state index < -0.39 is 6.10 Å². The maximum absolute atomic E-state index is 13.3. The molecule has 0 aliphatic carbocycles. The van der Waals surface area contributed by atoms with Crippen molar-refractivity contribution in [1.29, 1.82) is 0 Å². The monoisotopic (exact) mass is 553 g/mol. The Labute approximate surface area is 233 Å². The Morgan fingerprint density at radius 1 is 1.00 bits per heavy atom. The molecule has 0 bridgehead atoms. The number of hydrogen-bond acceptors (Lipinski definition) is 9. The number of aromatic nitrogens is 3. The number of carbonyl (C=O) groups excluding carboxylic acids is 2. The van der Waals surface area contributed by atoms with E-state index in [9.17, 15) is 9.59 Å². The first-order valence-electron chi connectivity index (χ1n) is 12.5. The van der Waals surface area contributed by atoms with Crippen LogP contribution in [-0.2, 0) is 4.79 Å². The van der Waals surface area contributed by atoms with Gasteiger partial charge in [-0.15, -0.1) is 21.5 Å². The minimum Gasteiger partial charge on any atom is -0.480 e. The summed E-state index contributed by atoms with van der Waals surface area (Å²) in [6.45, 7) is 2.26. The van der Waals surface area contributed by atoms with E-state index in [0.717, 1.165) is 16.8 Å². The number of benzene rings is 3. The summed E-state index contributed by atoms with van der Waals surface area (Å²) in [5.74, 6) is 1.53. The Kier molecular flexibility index (Phi) is 6.94. The number of ether oxygens (including phenoxy) is 2. The van der Waals surface area contributed by atoms with Gasteiger partial charge in [0.2, 0.25) is 11.8 Å². The minimum absolute atomic E-state index is 0.194. The average molecular weight is 554 g/mol. The largest absolute Gasteiger partial charge is 0.480 e. The topological polar surface area (TPSA) is 128 Å². The van der Waals surface area contributed by atoms with Gasteiger partial charge in [0.1, 0.15) is 17.2 Å². The number of amides is 2. The van der Waals surface area contributed by atoms with E-state index in [1.165, 1.54) is 11.3 Å². The van der Waals surface area contributed by atoms with Crippen LogP contribution in [0.4, 0.5) is 5.13 Å². The first-order chi connectivity index (χ1) is 19.5. The van der Waals surface area contributed by atoms with Crippen molar-refractivity contribution in [2.75, 3.05) is 11.9 Å². The van der Waals surface area contributed by atoms with Gasteiger partial charge in [-0.25, -0.2) is 4.98 Å². The summed E-state index contributed by atoms with van der Waals surface area (Å²) in [5.41, 5.74) is 2.77. The van der Waals surface area contributed by atoms with E-state index in [-0.39, 0.29) is 11.8 Å². The molecule has 1 aliphatic rings. The molecule has 1 saturated heterocycles. The summed E-state index contributed by atoms with van der Waals surface area (Å²) in [6.07, 6.45) is -0.112. The van der Waals surface area contributed by atoms with E-state index >= 15 is 0 Å². The van der Waals surface area contributed by atoms with Gasteiger partial charge >= 0.3 is 0 Å². The number of carbonyl (C=O) groups is 2. The van der Waals surface area contributed by atoms with E-state index in [4.69, 9.17) is 13.9 Å². The van der Waals surface area contributed by atoms with Crippen LogP contribution in [0.25, 0.3) is 22.7 Å². The molecular weight excluding hydrogens is 530 g/mol. The fourth-order valence-corrected chi connectivity index (χ4v) is 4.85. The highest BCUT2D eigenvalue weighted by Gasteiger charge is 2.26. The van der Waals surface area contributed by atoms with Gasteiger partial charge in [0.05, 0.1) is 5.69 Å². The second-order valence-electron chi connectivity index (χ2n) is 8.99. The van der Waals surface area contributed by atoms with Gasteiger partial charge in [-0.2, -0.15) is 0 Å². The van der Waals surface area contributed by atoms with Crippen LogP contribution in [0.15, 0.2) is 82.6 Å². The number of thiazole rings is 1. The highest BCUT2D eigenvalue weighted by Crippen LogP contribution is 2.31. The Bertz CT molecular complexity index is 1670. The van der Waals surface area contributed by atoms with Gasteiger partial charge in [0.25, 0.3) is 11.8 Å². The summed E-state index contributed by atoms with van der Waals surface area (Å²) in [6, 6.07) is 21.7. The molecule has 0 spiro atoms. The number of nitrogens with zero attached hydrogens (tertiary/aromatic N) is 3. The van der Waals surface area contributed by atoms with Gasteiger partial charge in [-0.3, -0.25) is 14.9 Å². The molecule has 1 fully saturated rings. The van der Waals surface area contributed by atoms with Crippen molar-refractivity contribution in [1.82, 2.24) is 20.5 Å². The summed E-state index contributed by atoms with van der Waals surface area (Å²) in [5, 5.41) is 15.8. The van der Waals surface area contributed by atoms with Crippen molar-refractivity contribution >= 4 is 28.3 Å². The summed E-state index contributed by atoms with van der Waals surface area (Å²) in [7, 11) is 0. The minimum atomic E-state index is -0.643. The van der Waals surface area contributed by atoms with Gasteiger partial charge in [-0.05, 0) is 36.4 Å². The predicted molar refractivity (Wildman–Crippen MR) is 149 cm³/mol. The summed E-state index contributed by atoms with van der Waals surface area (Å²) in [4.78, 5) is 29.9. The van der Waals surface area contributed by atoms with Crippen molar-refractivity contribution in [2.45, 2.75) is 19.4 Å². The zero-order valence-electron chi connectivity index (χ0n) is 21.3. The molecule has 0 saturated carbocycles. The van der Waals surface area contributed by atoms with Crippen molar-refractivity contribution in [2.24, 2.45) is 0 Å². The molecular formula is C29H23N5O5S. The van der Waals surface area contributed by atoms with Gasteiger partial charge in [-0.1, -0.05) is 30.3 Å². The highest BCUT2D eigenvalue weighted by molar-refractivity contribution is 7.14. The van der Waals surface area contributed by atoms with Crippen LogP contribution in [-0.4, -0.2) is 39.6 Å². The van der Waals surface area contributed by atoms with Crippen LogP contribution in [0.3, 0.4) is 0 Å².